The summed E-state index contributed by atoms with van der Waals surface area (Å²) in [5, 5.41) is 2.60. The number of rotatable bonds is 5. The first-order valence-corrected chi connectivity index (χ1v) is 6.45. The van der Waals surface area contributed by atoms with Crippen LogP contribution in [0.5, 0.6) is 11.5 Å². The van der Waals surface area contributed by atoms with Crippen molar-refractivity contribution in [2.45, 2.75) is 13.0 Å². The van der Waals surface area contributed by atoms with Crippen LogP contribution in [-0.4, -0.2) is 19.1 Å². The van der Waals surface area contributed by atoms with Gasteiger partial charge in [0.1, 0.15) is 17.3 Å². The Bertz CT molecular complexity index is 630. The van der Waals surface area contributed by atoms with Crippen LogP contribution in [0.25, 0.3) is 0 Å². The Hall–Kier alpha value is -2.56. The van der Waals surface area contributed by atoms with Crippen molar-refractivity contribution in [2.24, 2.45) is 0 Å². The highest BCUT2D eigenvalue weighted by atomic mass is 19.1. The van der Waals surface area contributed by atoms with Gasteiger partial charge in [0.2, 0.25) is 0 Å². The Morgan fingerprint density at radius 2 is 1.86 bits per heavy atom. The third kappa shape index (κ3) is 4.21. The predicted molar refractivity (Wildman–Crippen MR) is 78.1 cm³/mol. The van der Waals surface area contributed by atoms with Crippen molar-refractivity contribution in [3.05, 3.63) is 54.3 Å². The number of nitrogens with one attached hydrogen (secondary N) is 1. The molecule has 1 atom stereocenters. The topological polar surface area (TPSA) is 47.6 Å². The van der Waals surface area contributed by atoms with Gasteiger partial charge in [-0.15, -0.1) is 0 Å². The molecule has 0 aliphatic heterocycles. The second kappa shape index (κ2) is 6.74. The molecule has 0 aliphatic rings. The molecule has 4 nitrogen and oxygen atoms in total. The number of hydrogen-bond donors (Lipinski definition) is 1. The average Bonchev–Trinajstić information content (AvgIpc) is 2.47. The standard InChI is InChI=1S/C16H16FNO3/c1-11(21-15-8-4-7-14(10-15)20-2)16(19)18-13-6-3-5-12(17)9-13/h3-11H,1-2H3,(H,18,19)/t11-/m0/s1. The zero-order valence-electron chi connectivity index (χ0n) is 11.8. The maximum Gasteiger partial charge on any atom is 0.265 e. The molecule has 0 saturated carbocycles. The zero-order chi connectivity index (χ0) is 15.2. The van der Waals surface area contributed by atoms with E-state index in [1.54, 1.807) is 44.4 Å². The minimum absolute atomic E-state index is 0.358. The van der Waals surface area contributed by atoms with E-state index in [0.717, 1.165) is 0 Å². The van der Waals surface area contributed by atoms with Crippen molar-refractivity contribution < 1.29 is 18.7 Å². The quantitative estimate of drug-likeness (QED) is 0.919. The van der Waals surface area contributed by atoms with E-state index in [-0.39, 0.29) is 5.91 Å². The summed E-state index contributed by atoms with van der Waals surface area (Å²) in [7, 11) is 1.55. The summed E-state index contributed by atoms with van der Waals surface area (Å²) in [4.78, 5) is 12.0. The molecule has 0 bridgehead atoms. The molecule has 0 aliphatic carbocycles. The maximum absolute atomic E-state index is 13.1. The summed E-state index contributed by atoms with van der Waals surface area (Å²) < 4.78 is 23.7. The van der Waals surface area contributed by atoms with Gasteiger partial charge in [0, 0.05) is 11.8 Å². The van der Waals surface area contributed by atoms with Crippen molar-refractivity contribution in [1.29, 1.82) is 0 Å². The first kappa shape index (κ1) is 14.8. The molecular weight excluding hydrogens is 273 g/mol. The Balaban J connectivity index is 1.99. The lowest BCUT2D eigenvalue weighted by Gasteiger charge is -2.15. The van der Waals surface area contributed by atoms with E-state index in [1.165, 1.54) is 18.2 Å². The second-order valence-electron chi connectivity index (χ2n) is 4.44. The van der Waals surface area contributed by atoms with Gasteiger partial charge < -0.3 is 14.8 Å². The van der Waals surface area contributed by atoms with Crippen molar-refractivity contribution in [3.8, 4) is 11.5 Å². The molecule has 110 valence electrons. The molecule has 2 rings (SSSR count). The highest BCUT2D eigenvalue weighted by molar-refractivity contribution is 5.94. The van der Waals surface area contributed by atoms with E-state index in [9.17, 15) is 9.18 Å². The van der Waals surface area contributed by atoms with Crippen molar-refractivity contribution in [2.75, 3.05) is 12.4 Å². The summed E-state index contributed by atoms with van der Waals surface area (Å²) in [5.74, 6) is 0.402. The molecule has 0 fully saturated rings. The van der Waals surface area contributed by atoms with Crippen LogP contribution in [-0.2, 0) is 4.79 Å². The van der Waals surface area contributed by atoms with E-state index < -0.39 is 11.9 Å². The number of methoxy groups -OCH3 is 1. The molecule has 2 aromatic rings. The van der Waals surface area contributed by atoms with Crippen molar-refractivity contribution in [1.82, 2.24) is 0 Å². The normalized spacial score (nSPS) is 11.6. The van der Waals surface area contributed by atoms with Gasteiger partial charge in [0.15, 0.2) is 6.10 Å². The van der Waals surface area contributed by atoms with Gasteiger partial charge in [-0.25, -0.2) is 4.39 Å². The van der Waals surface area contributed by atoms with Crippen LogP contribution in [0, 0.1) is 5.82 Å². The predicted octanol–water partition coefficient (Wildman–Crippen LogP) is 3.24. The number of anilines is 1. The molecule has 21 heavy (non-hydrogen) atoms. The maximum atomic E-state index is 13.1. The second-order valence-corrected chi connectivity index (χ2v) is 4.44. The molecule has 5 heteroatoms. The van der Waals surface area contributed by atoms with E-state index >= 15 is 0 Å². The van der Waals surface area contributed by atoms with E-state index in [2.05, 4.69) is 5.32 Å². The fourth-order valence-electron chi connectivity index (χ4n) is 1.74. The number of halogens is 1. The third-order valence-electron chi connectivity index (χ3n) is 2.82. The lowest BCUT2D eigenvalue weighted by molar-refractivity contribution is -0.122. The molecule has 0 heterocycles. The van der Waals surface area contributed by atoms with Crippen LogP contribution in [0.15, 0.2) is 48.5 Å². The van der Waals surface area contributed by atoms with Crippen LogP contribution >= 0.6 is 0 Å². The van der Waals surface area contributed by atoms with E-state index in [0.29, 0.717) is 17.2 Å². The monoisotopic (exact) mass is 289 g/mol. The lowest BCUT2D eigenvalue weighted by Crippen LogP contribution is -2.30. The number of hydrogen-bond acceptors (Lipinski definition) is 3. The lowest BCUT2D eigenvalue weighted by atomic mass is 10.3. The summed E-state index contributed by atoms with van der Waals surface area (Å²) in [6.45, 7) is 1.62. The Kier molecular flexibility index (Phi) is 4.77. The molecule has 2 aromatic carbocycles. The SMILES string of the molecule is COc1cccc(O[C@@H](C)C(=O)Nc2cccc(F)c2)c1. The number of carbonyl (C=O) groups excluding carboxylic acids is 1. The minimum atomic E-state index is -0.722. The average molecular weight is 289 g/mol. The summed E-state index contributed by atoms with van der Waals surface area (Å²) in [6.07, 6.45) is -0.722. The molecule has 1 N–H and O–H groups in total. The van der Waals surface area contributed by atoms with E-state index in [4.69, 9.17) is 9.47 Å². The smallest absolute Gasteiger partial charge is 0.265 e. The first-order valence-electron chi connectivity index (χ1n) is 6.45. The van der Waals surface area contributed by atoms with Gasteiger partial charge in [-0.2, -0.15) is 0 Å². The fraction of sp³-hybridized carbons (Fsp3) is 0.188. The molecule has 1 amide bonds. The van der Waals surface area contributed by atoms with Gasteiger partial charge >= 0.3 is 0 Å². The van der Waals surface area contributed by atoms with Crippen LogP contribution in [0.4, 0.5) is 10.1 Å². The van der Waals surface area contributed by atoms with Gasteiger partial charge in [-0.3, -0.25) is 4.79 Å². The Morgan fingerprint density at radius 1 is 1.14 bits per heavy atom. The molecule has 0 saturated heterocycles. The highest BCUT2D eigenvalue weighted by Gasteiger charge is 2.15. The fourth-order valence-corrected chi connectivity index (χ4v) is 1.74. The van der Waals surface area contributed by atoms with Crippen molar-refractivity contribution >= 4 is 11.6 Å². The van der Waals surface area contributed by atoms with Gasteiger partial charge in [-0.1, -0.05) is 12.1 Å². The zero-order valence-corrected chi connectivity index (χ0v) is 11.8. The number of ether oxygens (including phenoxy) is 2. The Labute approximate surface area is 122 Å². The number of carbonyl (C=O) groups is 1. The van der Waals surface area contributed by atoms with E-state index in [1.807, 2.05) is 0 Å². The van der Waals surface area contributed by atoms with Crippen molar-refractivity contribution in [3.63, 3.8) is 0 Å². The van der Waals surface area contributed by atoms with Gasteiger partial charge in [0.25, 0.3) is 5.91 Å². The first-order chi connectivity index (χ1) is 10.1. The molecule has 0 aromatic heterocycles. The third-order valence-corrected chi connectivity index (χ3v) is 2.82. The molecular formula is C16H16FNO3. The summed E-state index contributed by atoms with van der Waals surface area (Å²) in [5.41, 5.74) is 0.390. The number of benzene rings is 2. The molecule has 0 spiro atoms. The summed E-state index contributed by atoms with van der Waals surface area (Å²) in [6, 6.07) is 12.7. The van der Waals surface area contributed by atoms with Crippen LogP contribution in [0.3, 0.4) is 0 Å². The van der Waals surface area contributed by atoms with Crippen LogP contribution in [0.2, 0.25) is 0 Å². The van der Waals surface area contributed by atoms with Crippen LogP contribution < -0.4 is 14.8 Å². The largest absolute Gasteiger partial charge is 0.497 e. The molecule has 0 unspecified atom stereocenters. The van der Waals surface area contributed by atoms with Crippen LogP contribution in [0.1, 0.15) is 6.92 Å². The minimum Gasteiger partial charge on any atom is -0.497 e. The van der Waals surface area contributed by atoms with Gasteiger partial charge in [-0.05, 0) is 37.3 Å². The summed E-state index contributed by atoms with van der Waals surface area (Å²) >= 11 is 0. The number of amides is 1. The molecule has 0 radical (unpaired) electrons. The Morgan fingerprint density at radius 3 is 2.57 bits per heavy atom. The highest BCUT2D eigenvalue weighted by Crippen LogP contribution is 2.20. The van der Waals surface area contributed by atoms with Gasteiger partial charge in [0.05, 0.1) is 7.11 Å².